The van der Waals surface area contributed by atoms with Crippen LogP contribution in [0.3, 0.4) is 0 Å². The zero-order chi connectivity index (χ0) is 22.3. The van der Waals surface area contributed by atoms with E-state index >= 15 is 0 Å². The maximum Gasteiger partial charge on any atom is 0.255 e. The molecule has 0 saturated carbocycles. The topological polar surface area (TPSA) is 69.0 Å². The monoisotopic (exact) mass is 464 g/mol. The van der Waals surface area contributed by atoms with Gasteiger partial charge in [-0.15, -0.1) is 5.10 Å². The van der Waals surface area contributed by atoms with Gasteiger partial charge in [-0.2, -0.15) is 4.98 Å². The second-order valence-corrected chi connectivity index (χ2v) is 8.25. The Balaban J connectivity index is 1.51. The standard InChI is InChI=1S/C24H21ClN4O2S/c1-31-19-11-7-10-18(16-19)22(30)26-20-12-5-6-13-21(20)32-24-27-23(25)28-29(24)15-14-17-8-3-2-4-9-17/h2-13,16H,14-15H2,1H3,(H,26,30). The van der Waals surface area contributed by atoms with Gasteiger partial charge in [0.15, 0.2) is 5.16 Å². The number of para-hydroxylation sites is 1. The van der Waals surface area contributed by atoms with Gasteiger partial charge in [0, 0.05) is 17.0 Å². The number of hydrogen-bond donors (Lipinski definition) is 1. The quantitative estimate of drug-likeness (QED) is 0.368. The van der Waals surface area contributed by atoms with E-state index in [1.54, 1.807) is 36.1 Å². The van der Waals surface area contributed by atoms with Crippen molar-refractivity contribution in [2.45, 2.75) is 23.0 Å². The van der Waals surface area contributed by atoms with E-state index in [1.807, 2.05) is 42.5 Å². The van der Waals surface area contributed by atoms with Crippen LogP contribution in [0.1, 0.15) is 15.9 Å². The van der Waals surface area contributed by atoms with Crippen LogP contribution in [-0.2, 0) is 13.0 Å². The number of nitrogens with zero attached hydrogens (tertiary/aromatic N) is 3. The van der Waals surface area contributed by atoms with Crippen molar-refractivity contribution in [3.8, 4) is 5.75 Å². The van der Waals surface area contributed by atoms with Crippen LogP contribution in [0.15, 0.2) is 88.9 Å². The lowest BCUT2D eigenvalue weighted by Gasteiger charge is -2.11. The summed E-state index contributed by atoms with van der Waals surface area (Å²) in [5.74, 6) is 0.405. The molecule has 8 heteroatoms. The number of anilines is 1. The average Bonchev–Trinajstić information content (AvgIpc) is 3.18. The fourth-order valence-corrected chi connectivity index (χ4v) is 4.28. The highest BCUT2D eigenvalue weighted by Gasteiger charge is 2.15. The maximum atomic E-state index is 12.8. The number of hydrogen-bond acceptors (Lipinski definition) is 5. The Hall–Kier alpha value is -3.29. The molecule has 6 nitrogen and oxygen atoms in total. The summed E-state index contributed by atoms with van der Waals surface area (Å²) < 4.78 is 7.01. The first-order valence-electron chi connectivity index (χ1n) is 9.99. The van der Waals surface area contributed by atoms with Gasteiger partial charge in [-0.3, -0.25) is 4.79 Å². The molecule has 4 aromatic rings. The molecule has 1 aromatic heterocycles. The number of ether oxygens (including phenoxy) is 1. The highest BCUT2D eigenvalue weighted by atomic mass is 35.5. The molecule has 0 saturated heterocycles. The van der Waals surface area contributed by atoms with Crippen LogP contribution >= 0.6 is 23.4 Å². The summed E-state index contributed by atoms with van der Waals surface area (Å²) in [6.07, 6.45) is 0.808. The molecule has 32 heavy (non-hydrogen) atoms. The van der Waals surface area contributed by atoms with Crippen molar-refractivity contribution < 1.29 is 9.53 Å². The van der Waals surface area contributed by atoms with Crippen LogP contribution < -0.4 is 10.1 Å². The van der Waals surface area contributed by atoms with Crippen LogP contribution in [0, 0.1) is 0 Å². The van der Waals surface area contributed by atoms with E-state index in [9.17, 15) is 4.79 Å². The third kappa shape index (κ3) is 5.49. The normalized spacial score (nSPS) is 10.7. The fourth-order valence-electron chi connectivity index (χ4n) is 3.12. The molecule has 1 heterocycles. The number of nitrogens with one attached hydrogen (secondary N) is 1. The lowest BCUT2D eigenvalue weighted by Crippen LogP contribution is -2.12. The molecule has 3 aromatic carbocycles. The van der Waals surface area contributed by atoms with Gasteiger partial charge in [0.25, 0.3) is 5.91 Å². The zero-order valence-corrected chi connectivity index (χ0v) is 18.9. The second kappa shape index (κ2) is 10.3. The maximum absolute atomic E-state index is 12.8. The van der Waals surface area contributed by atoms with Gasteiger partial charge in [0.2, 0.25) is 5.28 Å². The molecule has 0 aliphatic carbocycles. The third-order valence-corrected chi connectivity index (χ3v) is 5.96. The molecule has 0 unspecified atom stereocenters. The number of methoxy groups -OCH3 is 1. The van der Waals surface area contributed by atoms with Gasteiger partial charge in [-0.25, -0.2) is 4.68 Å². The number of benzene rings is 3. The predicted molar refractivity (Wildman–Crippen MR) is 127 cm³/mol. The van der Waals surface area contributed by atoms with Gasteiger partial charge in [0.05, 0.1) is 12.8 Å². The second-order valence-electron chi connectivity index (χ2n) is 6.91. The van der Waals surface area contributed by atoms with E-state index in [0.717, 1.165) is 11.3 Å². The summed E-state index contributed by atoms with van der Waals surface area (Å²) in [6, 6.07) is 24.8. The van der Waals surface area contributed by atoms with E-state index in [4.69, 9.17) is 16.3 Å². The molecule has 0 aliphatic heterocycles. The molecule has 0 bridgehead atoms. The number of aryl methyl sites for hydroxylation is 2. The summed E-state index contributed by atoms with van der Waals surface area (Å²) in [4.78, 5) is 18.0. The number of carbonyl (C=O) groups excluding carboxylic acids is 1. The van der Waals surface area contributed by atoms with Crippen molar-refractivity contribution in [1.82, 2.24) is 14.8 Å². The Bertz CT molecular complexity index is 1210. The van der Waals surface area contributed by atoms with Gasteiger partial charge in [0.1, 0.15) is 5.75 Å². The summed E-state index contributed by atoms with van der Waals surface area (Å²) in [5, 5.41) is 8.16. The molecule has 1 N–H and O–H groups in total. The molecule has 1 amide bonds. The molecule has 0 fully saturated rings. The minimum Gasteiger partial charge on any atom is -0.497 e. The average molecular weight is 465 g/mol. The number of carbonyl (C=O) groups is 1. The molecule has 0 spiro atoms. The van der Waals surface area contributed by atoms with Crippen LogP contribution in [0.4, 0.5) is 5.69 Å². The van der Waals surface area contributed by atoms with Gasteiger partial charge < -0.3 is 10.1 Å². The molecule has 4 rings (SSSR count). The summed E-state index contributed by atoms with van der Waals surface area (Å²) >= 11 is 7.52. The van der Waals surface area contributed by atoms with Gasteiger partial charge in [-0.05, 0) is 65.7 Å². The smallest absolute Gasteiger partial charge is 0.255 e. The largest absolute Gasteiger partial charge is 0.497 e. The molecule has 162 valence electrons. The Morgan fingerprint density at radius 3 is 2.66 bits per heavy atom. The summed E-state index contributed by atoms with van der Waals surface area (Å²) in [6.45, 7) is 0.643. The summed E-state index contributed by atoms with van der Waals surface area (Å²) in [7, 11) is 1.57. The van der Waals surface area contributed by atoms with E-state index in [2.05, 4.69) is 27.5 Å². The number of halogens is 1. The van der Waals surface area contributed by atoms with E-state index in [1.165, 1.54) is 17.3 Å². The first-order chi connectivity index (χ1) is 15.6. The highest BCUT2D eigenvalue weighted by molar-refractivity contribution is 7.99. The highest BCUT2D eigenvalue weighted by Crippen LogP contribution is 2.33. The lowest BCUT2D eigenvalue weighted by atomic mass is 10.2. The van der Waals surface area contributed by atoms with Gasteiger partial charge >= 0.3 is 0 Å². The predicted octanol–water partition coefficient (Wildman–Crippen LogP) is 5.59. The summed E-state index contributed by atoms with van der Waals surface area (Å²) in [5.41, 5.74) is 2.40. The first kappa shape index (κ1) is 21.9. The van der Waals surface area contributed by atoms with E-state index in [-0.39, 0.29) is 11.2 Å². The number of amides is 1. The Morgan fingerprint density at radius 1 is 1.06 bits per heavy atom. The first-order valence-corrected chi connectivity index (χ1v) is 11.2. The Labute approximate surface area is 195 Å². The minimum absolute atomic E-state index is 0.193. The lowest BCUT2D eigenvalue weighted by molar-refractivity contribution is 0.102. The zero-order valence-electron chi connectivity index (χ0n) is 17.4. The molecule has 0 atom stereocenters. The molecule has 0 radical (unpaired) electrons. The van der Waals surface area contributed by atoms with Crippen LogP contribution in [0.2, 0.25) is 5.28 Å². The van der Waals surface area contributed by atoms with Crippen molar-refractivity contribution in [2.24, 2.45) is 0 Å². The Kier molecular flexibility index (Phi) is 7.09. The van der Waals surface area contributed by atoms with E-state index in [0.29, 0.717) is 28.7 Å². The number of rotatable bonds is 8. The minimum atomic E-state index is -0.222. The SMILES string of the molecule is COc1cccc(C(=O)Nc2ccccc2Sc2nc(Cl)nn2CCc2ccccc2)c1. The Morgan fingerprint density at radius 2 is 1.84 bits per heavy atom. The van der Waals surface area contributed by atoms with Crippen LogP contribution in [-0.4, -0.2) is 27.8 Å². The third-order valence-electron chi connectivity index (χ3n) is 4.74. The van der Waals surface area contributed by atoms with Crippen LogP contribution in [0.5, 0.6) is 5.75 Å². The van der Waals surface area contributed by atoms with Crippen LogP contribution in [0.25, 0.3) is 0 Å². The molecular weight excluding hydrogens is 444 g/mol. The molecular formula is C24H21ClN4O2S. The van der Waals surface area contributed by atoms with Crippen molar-refractivity contribution >= 4 is 35.0 Å². The van der Waals surface area contributed by atoms with Crippen molar-refractivity contribution in [2.75, 3.05) is 12.4 Å². The number of aromatic nitrogens is 3. The fraction of sp³-hybridized carbons (Fsp3) is 0.125. The van der Waals surface area contributed by atoms with Crippen molar-refractivity contribution in [3.05, 3.63) is 95.3 Å². The van der Waals surface area contributed by atoms with Gasteiger partial charge in [-0.1, -0.05) is 48.5 Å². The van der Waals surface area contributed by atoms with E-state index < -0.39 is 0 Å². The van der Waals surface area contributed by atoms with Crippen molar-refractivity contribution in [1.29, 1.82) is 0 Å². The molecule has 0 aliphatic rings. The van der Waals surface area contributed by atoms with Crippen molar-refractivity contribution in [3.63, 3.8) is 0 Å².